The summed E-state index contributed by atoms with van der Waals surface area (Å²) >= 11 is 0. The largest absolute Gasteiger partial charge is 0.492 e. The van der Waals surface area contributed by atoms with Crippen LogP contribution in [0.5, 0.6) is 5.75 Å². The molecule has 1 aliphatic heterocycles. The molecule has 3 aromatic carbocycles. The standard InChI is InChI=1S/C32H32N6O2/c1-22-5-2-3-6-27(22)24-11-9-23(10-12-24)19-38-21-34-17-26(38)18-35-30-13-14-40-31-28(30)7-4-8-29(31)32(39)36-16-25-15-33-20-37-25/h2-12,15,17,20-21,30,35H,13-14,16,18-19H2,1H3,(H,33,37)(H,36,39). The number of hydrogen-bond acceptors (Lipinski definition) is 5. The number of imidazole rings is 2. The van der Waals surface area contributed by atoms with Gasteiger partial charge in [-0.25, -0.2) is 9.97 Å². The molecule has 40 heavy (non-hydrogen) atoms. The van der Waals surface area contributed by atoms with E-state index >= 15 is 0 Å². The summed E-state index contributed by atoms with van der Waals surface area (Å²) in [6.45, 7) is 4.46. The Bertz CT molecular complexity index is 1590. The van der Waals surface area contributed by atoms with Gasteiger partial charge in [-0.1, -0.05) is 60.7 Å². The highest BCUT2D eigenvalue weighted by Crippen LogP contribution is 2.35. The summed E-state index contributed by atoms with van der Waals surface area (Å²) in [5, 5.41) is 6.62. The molecule has 3 heterocycles. The zero-order valence-electron chi connectivity index (χ0n) is 22.4. The third-order valence-electron chi connectivity index (χ3n) is 7.40. The molecule has 1 aliphatic rings. The van der Waals surface area contributed by atoms with Crippen LogP contribution in [0.1, 0.15) is 50.9 Å². The maximum Gasteiger partial charge on any atom is 0.255 e. The van der Waals surface area contributed by atoms with E-state index < -0.39 is 0 Å². The normalized spacial score (nSPS) is 14.4. The SMILES string of the molecule is Cc1ccccc1-c1ccc(Cn2cncc2CNC2CCOc3c(C(=O)NCc4cnc[nH]4)cccc32)cc1. The Morgan fingerprint density at radius 3 is 2.73 bits per heavy atom. The molecule has 5 aromatic rings. The maximum atomic E-state index is 12.9. The minimum Gasteiger partial charge on any atom is -0.492 e. The van der Waals surface area contributed by atoms with E-state index in [1.165, 1.54) is 22.3 Å². The van der Waals surface area contributed by atoms with Crippen molar-refractivity contribution < 1.29 is 9.53 Å². The predicted octanol–water partition coefficient (Wildman–Crippen LogP) is 5.17. The van der Waals surface area contributed by atoms with Gasteiger partial charge in [0, 0.05) is 43.5 Å². The Kier molecular flexibility index (Phi) is 7.41. The van der Waals surface area contributed by atoms with E-state index in [1.807, 2.05) is 30.7 Å². The van der Waals surface area contributed by atoms with Gasteiger partial charge >= 0.3 is 0 Å². The summed E-state index contributed by atoms with van der Waals surface area (Å²) in [5.41, 5.74) is 8.47. The van der Waals surface area contributed by atoms with Crippen molar-refractivity contribution in [2.45, 2.75) is 39.0 Å². The number of rotatable bonds is 9. The summed E-state index contributed by atoms with van der Waals surface area (Å²) in [6.07, 6.45) is 7.91. The average Bonchev–Trinajstić information content (AvgIpc) is 3.67. The molecule has 3 N–H and O–H groups in total. The molecule has 8 heteroatoms. The van der Waals surface area contributed by atoms with Gasteiger partial charge in [-0.05, 0) is 35.2 Å². The highest BCUT2D eigenvalue weighted by Gasteiger charge is 2.26. The summed E-state index contributed by atoms with van der Waals surface area (Å²) < 4.78 is 8.17. The molecule has 0 saturated carbocycles. The highest BCUT2D eigenvalue weighted by atomic mass is 16.5. The highest BCUT2D eigenvalue weighted by molar-refractivity contribution is 5.97. The van der Waals surface area contributed by atoms with Gasteiger partial charge in [0.2, 0.25) is 0 Å². The fourth-order valence-electron chi connectivity index (χ4n) is 5.22. The second kappa shape index (κ2) is 11.6. The van der Waals surface area contributed by atoms with Gasteiger partial charge in [-0.3, -0.25) is 4.79 Å². The molecule has 1 atom stereocenters. The average molecular weight is 533 g/mol. The van der Waals surface area contributed by atoms with E-state index in [0.717, 1.165) is 29.9 Å². The zero-order chi connectivity index (χ0) is 27.3. The lowest BCUT2D eigenvalue weighted by Gasteiger charge is -2.28. The summed E-state index contributed by atoms with van der Waals surface area (Å²) in [4.78, 5) is 24.4. The fourth-order valence-corrected chi connectivity index (χ4v) is 5.22. The second-order valence-corrected chi connectivity index (χ2v) is 10.1. The molecule has 0 radical (unpaired) electrons. The number of carbonyl (C=O) groups is 1. The van der Waals surface area contributed by atoms with Gasteiger partial charge in [0.15, 0.2) is 0 Å². The monoisotopic (exact) mass is 532 g/mol. The molecule has 6 rings (SSSR count). The molecule has 0 spiro atoms. The Hall–Kier alpha value is -4.69. The Balaban J connectivity index is 1.11. The second-order valence-electron chi connectivity index (χ2n) is 10.1. The summed E-state index contributed by atoms with van der Waals surface area (Å²) in [7, 11) is 0. The van der Waals surface area contributed by atoms with E-state index in [-0.39, 0.29) is 11.9 Å². The van der Waals surface area contributed by atoms with Crippen LogP contribution in [0.15, 0.2) is 91.8 Å². The lowest BCUT2D eigenvalue weighted by molar-refractivity contribution is 0.0944. The number of ether oxygens (including phenoxy) is 1. The molecule has 0 saturated heterocycles. The van der Waals surface area contributed by atoms with Crippen LogP contribution >= 0.6 is 0 Å². The fraction of sp³-hybridized carbons (Fsp3) is 0.219. The van der Waals surface area contributed by atoms with Crippen LogP contribution in [-0.4, -0.2) is 32.0 Å². The molecular formula is C32H32N6O2. The van der Waals surface area contributed by atoms with E-state index in [9.17, 15) is 4.79 Å². The molecule has 1 unspecified atom stereocenters. The van der Waals surface area contributed by atoms with E-state index in [2.05, 4.69) is 85.6 Å². The van der Waals surface area contributed by atoms with Crippen molar-refractivity contribution in [2.75, 3.05) is 6.61 Å². The number of amides is 1. The van der Waals surface area contributed by atoms with Crippen molar-refractivity contribution in [1.82, 2.24) is 30.2 Å². The minimum absolute atomic E-state index is 0.0702. The number of fused-ring (bicyclic) bond motifs is 1. The smallest absolute Gasteiger partial charge is 0.255 e. The molecule has 202 valence electrons. The van der Waals surface area contributed by atoms with Crippen molar-refractivity contribution >= 4 is 5.91 Å². The lowest BCUT2D eigenvalue weighted by Crippen LogP contribution is -2.30. The minimum atomic E-state index is -0.168. The first-order chi connectivity index (χ1) is 19.7. The van der Waals surface area contributed by atoms with Crippen LogP contribution in [-0.2, 0) is 19.6 Å². The number of para-hydroxylation sites is 1. The van der Waals surface area contributed by atoms with Gasteiger partial charge in [0.05, 0.1) is 42.8 Å². The number of nitrogens with zero attached hydrogens (tertiary/aromatic N) is 3. The van der Waals surface area contributed by atoms with Crippen molar-refractivity contribution in [2.24, 2.45) is 0 Å². The predicted molar refractivity (Wildman–Crippen MR) is 154 cm³/mol. The van der Waals surface area contributed by atoms with Crippen LogP contribution in [0, 0.1) is 6.92 Å². The molecule has 0 aliphatic carbocycles. The van der Waals surface area contributed by atoms with Gasteiger partial charge in [0.1, 0.15) is 5.75 Å². The first-order valence-corrected chi connectivity index (χ1v) is 13.5. The number of H-pyrrole nitrogens is 1. The van der Waals surface area contributed by atoms with E-state index in [4.69, 9.17) is 4.74 Å². The topological polar surface area (TPSA) is 96.9 Å². The molecule has 0 bridgehead atoms. The number of aromatic nitrogens is 4. The quantitative estimate of drug-likeness (QED) is 0.243. The first kappa shape index (κ1) is 25.6. The van der Waals surface area contributed by atoms with Crippen LogP contribution in [0.2, 0.25) is 0 Å². The maximum absolute atomic E-state index is 12.9. The van der Waals surface area contributed by atoms with Crippen LogP contribution in [0.3, 0.4) is 0 Å². The van der Waals surface area contributed by atoms with Crippen molar-refractivity contribution in [3.05, 3.63) is 125 Å². The van der Waals surface area contributed by atoms with Gasteiger partial charge < -0.3 is 24.9 Å². The van der Waals surface area contributed by atoms with Crippen molar-refractivity contribution in [3.63, 3.8) is 0 Å². The van der Waals surface area contributed by atoms with E-state index in [0.29, 0.717) is 31.0 Å². The number of aryl methyl sites for hydroxylation is 1. The van der Waals surface area contributed by atoms with E-state index in [1.54, 1.807) is 12.5 Å². The molecule has 1 amide bonds. The van der Waals surface area contributed by atoms with Crippen LogP contribution < -0.4 is 15.4 Å². The zero-order valence-corrected chi connectivity index (χ0v) is 22.4. The van der Waals surface area contributed by atoms with Crippen molar-refractivity contribution in [1.29, 1.82) is 0 Å². The van der Waals surface area contributed by atoms with Gasteiger partial charge in [0.25, 0.3) is 5.91 Å². The molecule has 2 aromatic heterocycles. The Labute approximate surface area is 233 Å². The van der Waals surface area contributed by atoms with Crippen molar-refractivity contribution in [3.8, 4) is 16.9 Å². The molecule has 0 fully saturated rings. The number of benzene rings is 3. The van der Waals surface area contributed by atoms with Gasteiger partial charge in [-0.2, -0.15) is 0 Å². The number of hydrogen-bond donors (Lipinski definition) is 3. The number of carbonyl (C=O) groups excluding carboxylic acids is 1. The Morgan fingerprint density at radius 2 is 1.90 bits per heavy atom. The summed E-state index contributed by atoms with van der Waals surface area (Å²) in [6, 6.07) is 23.0. The molecule has 8 nitrogen and oxygen atoms in total. The lowest BCUT2D eigenvalue weighted by atomic mass is 9.97. The molecular weight excluding hydrogens is 500 g/mol. The van der Waals surface area contributed by atoms with Gasteiger partial charge in [-0.15, -0.1) is 0 Å². The van der Waals surface area contributed by atoms with Crippen LogP contribution in [0.25, 0.3) is 11.1 Å². The van der Waals surface area contributed by atoms with Crippen LogP contribution in [0.4, 0.5) is 0 Å². The number of nitrogens with one attached hydrogen (secondary N) is 3. The Morgan fingerprint density at radius 1 is 1.02 bits per heavy atom. The third kappa shape index (κ3) is 5.53. The first-order valence-electron chi connectivity index (χ1n) is 13.5. The summed E-state index contributed by atoms with van der Waals surface area (Å²) in [5.74, 6) is 0.481. The third-order valence-corrected chi connectivity index (χ3v) is 7.40. The number of aromatic amines is 1.